The van der Waals surface area contributed by atoms with Gasteiger partial charge in [0.25, 0.3) is 5.91 Å². The highest BCUT2D eigenvalue weighted by atomic mass is 19.1. The van der Waals surface area contributed by atoms with Gasteiger partial charge in [-0.2, -0.15) is 0 Å². The number of hydrogen-bond acceptors (Lipinski definition) is 4. The van der Waals surface area contributed by atoms with E-state index in [-0.39, 0.29) is 30.3 Å². The lowest BCUT2D eigenvalue weighted by Gasteiger charge is -2.24. The summed E-state index contributed by atoms with van der Waals surface area (Å²) >= 11 is 0. The number of fused-ring (bicyclic) bond motifs is 1. The molecule has 1 aliphatic rings. The number of halogens is 1. The zero-order valence-corrected chi connectivity index (χ0v) is 20.3. The molecule has 1 aromatic heterocycles. The van der Waals surface area contributed by atoms with Gasteiger partial charge in [0, 0.05) is 42.5 Å². The van der Waals surface area contributed by atoms with E-state index in [1.54, 1.807) is 12.1 Å². The molecule has 0 radical (unpaired) electrons. The van der Waals surface area contributed by atoms with Crippen LogP contribution in [0, 0.1) is 11.7 Å². The normalized spacial score (nSPS) is 17.6. The van der Waals surface area contributed by atoms with Crippen molar-refractivity contribution in [2.45, 2.75) is 19.0 Å². The number of aromatic nitrogens is 1. The standard InChI is InChI=1S/C29H29FN4O3/c30-24-10-8-21(9-11-24)22-6-7-23-14-27(33-26(23)13-22)28(35)32-15-25-12-20(18-37-29(31)36)17-34(25)16-19-4-2-1-3-5-19/h1-11,13-14,20,25,33H,12,15-18H2,(H2,31,36)(H,32,35)/t20-,25+/m1/s1. The van der Waals surface area contributed by atoms with Crippen LogP contribution in [0.25, 0.3) is 22.0 Å². The number of benzene rings is 3. The topological polar surface area (TPSA) is 100 Å². The summed E-state index contributed by atoms with van der Waals surface area (Å²) in [5, 5.41) is 3.99. The predicted molar refractivity (Wildman–Crippen MR) is 140 cm³/mol. The molecule has 8 heteroatoms. The number of nitrogens with two attached hydrogens (primary N) is 1. The second kappa shape index (κ2) is 10.8. The Balaban J connectivity index is 1.26. The van der Waals surface area contributed by atoms with Crippen molar-refractivity contribution in [1.82, 2.24) is 15.2 Å². The highest BCUT2D eigenvalue weighted by Crippen LogP contribution is 2.27. The summed E-state index contributed by atoms with van der Waals surface area (Å²) in [7, 11) is 0. The highest BCUT2D eigenvalue weighted by Gasteiger charge is 2.33. The van der Waals surface area contributed by atoms with E-state index in [0.29, 0.717) is 12.2 Å². The van der Waals surface area contributed by atoms with Crippen molar-refractivity contribution in [2.75, 3.05) is 19.7 Å². The van der Waals surface area contributed by atoms with Gasteiger partial charge < -0.3 is 20.8 Å². The van der Waals surface area contributed by atoms with Crippen molar-refractivity contribution in [3.63, 3.8) is 0 Å². The summed E-state index contributed by atoms with van der Waals surface area (Å²) in [6.45, 7) is 2.23. The molecule has 0 saturated carbocycles. The minimum absolute atomic E-state index is 0.0973. The quantitative estimate of drug-likeness (QED) is 0.327. The van der Waals surface area contributed by atoms with Crippen LogP contribution in [0.5, 0.6) is 0 Å². The summed E-state index contributed by atoms with van der Waals surface area (Å²) < 4.78 is 18.3. The van der Waals surface area contributed by atoms with Gasteiger partial charge in [-0.3, -0.25) is 9.69 Å². The number of likely N-dealkylation sites (tertiary alicyclic amines) is 1. The molecule has 4 aromatic rings. The monoisotopic (exact) mass is 500 g/mol. The summed E-state index contributed by atoms with van der Waals surface area (Å²) in [6, 6.07) is 24.3. The lowest BCUT2D eigenvalue weighted by Crippen LogP contribution is -2.39. The molecule has 2 atom stereocenters. The lowest BCUT2D eigenvalue weighted by atomic mass is 10.0. The second-order valence-corrected chi connectivity index (χ2v) is 9.50. The zero-order chi connectivity index (χ0) is 25.8. The molecule has 2 amide bonds. The Morgan fingerprint density at radius 3 is 2.54 bits per heavy atom. The molecule has 1 fully saturated rings. The van der Waals surface area contributed by atoms with Crippen molar-refractivity contribution >= 4 is 22.9 Å². The first-order chi connectivity index (χ1) is 17.9. The number of nitrogens with one attached hydrogen (secondary N) is 2. The van der Waals surface area contributed by atoms with Crippen molar-refractivity contribution in [2.24, 2.45) is 11.7 Å². The average molecular weight is 501 g/mol. The number of rotatable bonds is 8. The van der Waals surface area contributed by atoms with E-state index in [1.807, 2.05) is 42.5 Å². The maximum Gasteiger partial charge on any atom is 0.404 e. The minimum atomic E-state index is -0.771. The molecule has 2 heterocycles. The van der Waals surface area contributed by atoms with Gasteiger partial charge in [-0.05, 0) is 47.4 Å². The largest absolute Gasteiger partial charge is 0.449 e. The third-order valence-electron chi connectivity index (χ3n) is 6.85. The molecule has 190 valence electrons. The SMILES string of the molecule is NC(=O)OC[C@@H]1C[C@@H](CNC(=O)c2cc3ccc(-c4ccc(F)cc4)cc3[nH]2)N(Cc2ccccc2)C1. The number of aromatic amines is 1. The fourth-order valence-corrected chi connectivity index (χ4v) is 5.01. The maximum atomic E-state index is 13.3. The first-order valence-electron chi connectivity index (χ1n) is 12.3. The molecule has 4 N–H and O–H groups in total. The fraction of sp³-hybridized carbons (Fsp3) is 0.241. The van der Waals surface area contributed by atoms with Crippen molar-refractivity contribution in [3.05, 3.63) is 95.9 Å². The zero-order valence-electron chi connectivity index (χ0n) is 20.3. The van der Waals surface area contributed by atoms with Crippen molar-refractivity contribution < 1.29 is 18.7 Å². The third kappa shape index (κ3) is 5.98. The van der Waals surface area contributed by atoms with Gasteiger partial charge in [0.2, 0.25) is 0 Å². The van der Waals surface area contributed by atoms with Crippen molar-refractivity contribution in [1.29, 1.82) is 0 Å². The van der Waals surface area contributed by atoms with Crippen LogP contribution in [0.3, 0.4) is 0 Å². The Hall–Kier alpha value is -4.17. The van der Waals surface area contributed by atoms with Crippen LogP contribution in [-0.4, -0.2) is 47.6 Å². The predicted octanol–water partition coefficient (Wildman–Crippen LogP) is 4.69. The number of H-pyrrole nitrogens is 1. The number of hydrogen-bond donors (Lipinski definition) is 3. The maximum absolute atomic E-state index is 13.3. The summed E-state index contributed by atoms with van der Waals surface area (Å²) in [6.07, 6.45) is 0.0152. The van der Waals surface area contributed by atoms with Gasteiger partial charge >= 0.3 is 6.09 Å². The van der Waals surface area contributed by atoms with Gasteiger partial charge in [-0.15, -0.1) is 0 Å². The van der Waals surface area contributed by atoms with Crippen LogP contribution < -0.4 is 11.1 Å². The average Bonchev–Trinajstić information content (AvgIpc) is 3.50. The number of carbonyl (C=O) groups excluding carboxylic acids is 2. The van der Waals surface area contributed by atoms with Crippen LogP contribution in [-0.2, 0) is 11.3 Å². The minimum Gasteiger partial charge on any atom is -0.449 e. The Morgan fingerprint density at radius 1 is 1.03 bits per heavy atom. The molecule has 7 nitrogen and oxygen atoms in total. The van der Waals surface area contributed by atoms with Gasteiger partial charge in [-0.25, -0.2) is 9.18 Å². The second-order valence-electron chi connectivity index (χ2n) is 9.50. The number of primary amides is 1. The van der Waals surface area contributed by atoms with Crippen molar-refractivity contribution in [3.8, 4) is 11.1 Å². The highest BCUT2D eigenvalue weighted by molar-refractivity contribution is 5.98. The Bertz CT molecular complexity index is 1390. The molecule has 0 unspecified atom stereocenters. The van der Waals surface area contributed by atoms with E-state index < -0.39 is 6.09 Å². The summed E-state index contributed by atoms with van der Waals surface area (Å²) in [4.78, 5) is 29.6. The molecule has 3 aromatic carbocycles. The number of amides is 2. The molecular weight excluding hydrogens is 471 g/mol. The molecule has 0 spiro atoms. The first kappa shape index (κ1) is 24.5. The van der Waals surface area contributed by atoms with Gasteiger partial charge in [0.1, 0.15) is 11.5 Å². The summed E-state index contributed by atoms with van der Waals surface area (Å²) in [5.41, 5.74) is 9.49. The van der Waals surface area contributed by atoms with Crippen LogP contribution in [0.15, 0.2) is 78.9 Å². The fourth-order valence-electron chi connectivity index (χ4n) is 5.01. The molecule has 5 rings (SSSR count). The molecular formula is C29H29FN4O3. The summed E-state index contributed by atoms with van der Waals surface area (Å²) in [5.74, 6) is -0.313. The Kier molecular flexibility index (Phi) is 7.18. The smallest absolute Gasteiger partial charge is 0.404 e. The van der Waals surface area contributed by atoms with Crippen LogP contribution in [0.4, 0.5) is 9.18 Å². The van der Waals surface area contributed by atoms with Crippen LogP contribution in [0.1, 0.15) is 22.5 Å². The number of ether oxygens (including phenoxy) is 1. The Labute approximate surface area is 214 Å². The van der Waals surface area contributed by atoms with Crippen LogP contribution in [0.2, 0.25) is 0 Å². The molecule has 37 heavy (non-hydrogen) atoms. The van der Waals surface area contributed by atoms with E-state index in [0.717, 1.165) is 41.5 Å². The van der Waals surface area contributed by atoms with E-state index in [4.69, 9.17) is 10.5 Å². The molecule has 0 bridgehead atoms. The van der Waals surface area contributed by atoms with E-state index in [2.05, 4.69) is 27.3 Å². The molecule has 1 saturated heterocycles. The van der Waals surface area contributed by atoms with Crippen LogP contribution >= 0.6 is 0 Å². The van der Waals surface area contributed by atoms with Gasteiger partial charge in [0.15, 0.2) is 0 Å². The lowest BCUT2D eigenvalue weighted by molar-refractivity contribution is 0.0935. The Morgan fingerprint density at radius 2 is 1.78 bits per heavy atom. The number of carbonyl (C=O) groups is 2. The van der Waals surface area contributed by atoms with E-state index in [9.17, 15) is 14.0 Å². The number of nitrogens with zero attached hydrogens (tertiary/aromatic N) is 1. The molecule has 0 aliphatic carbocycles. The van der Waals surface area contributed by atoms with Gasteiger partial charge in [-0.1, -0.05) is 54.6 Å². The molecule has 1 aliphatic heterocycles. The van der Waals surface area contributed by atoms with E-state index >= 15 is 0 Å². The van der Waals surface area contributed by atoms with E-state index in [1.165, 1.54) is 17.7 Å². The third-order valence-corrected chi connectivity index (χ3v) is 6.85. The first-order valence-corrected chi connectivity index (χ1v) is 12.3. The van der Waals surface area contributed by atoms with Gasteiger partial charge in [0.05, 0.1) is 6.61 Å².